The van der Waals surface area contributed by atoms with Crippen molar-refractivity contribution in [3.05, 3.63) is 34.5 Å². The number of carbonyl (C=O) groups is 1. The van der Waals surface area contributed by atoms with E-state index in [0.29, 0.717) is 11.4 Å². The van der Waals surface area contributed by atoms with E-state index in [1.54, 1.807) is 11.8 Å². The van der Waals surface area contributed by atoms with E-state index in [1.165, 1.54) is 11.8 Å². The van der Waals surface area contributed by atoms with Crippen molar-refractivity contribution in [1.29, 1.82) is 0 Å². The first kappa shape index (κ1) is 20.1. The number of thioether (sulfide) groups is 2. The maximum atomic E-state index is 12.2. The second-order valence-electron chi connectivity index (χ2n) is 8.19. The van der Waals surface area contributed by atoms with Gasteiger partial charge in [-0.25, -0.2) is 4.99 Å². The summed E-state index contributed by atoms with van der Waals surface area (Å²) in [5.41, 5.74) is 2.77. The van der Waals surface area contributed by atoms with E-state index in [-0.39, 0.29) is 15.9 Å². The highest BCUT2D eigenvalue weighted by Crippen LogP contribution is 2.40. The van der Waals surface area contributed by atoms with E-state index in [1.807, 2.05) is 25.1 Å². The molecular formula is C20H27NO2S2. The first-order chi connectivity index (χ1) is 11.4. The summed E-state index contributed by atoms with van der Waals surface area (Å²) in [5.74, 6) is 1.24. The van der Waals surface area contributed by atoms with E-state index in [4.69, 9.17) is 0 Å². The van der Waals surface area contributed by atoms with E-state index >= 15 is 0 Å². The Morgan fingerprint density at radius 2 is 1.64 bits per heavy atom. The first-order valence-corrected chi connectivity index (χ1v) is 10.3. The fraction of sp³-hybridized carbons (Fsp3) is 0.500. The Hall–Kier alpha value is -1.20. The number of hydrogen-bond acceptors (Lipinski definition) is 5. The minimum atomic E-state index is -0.195. The second-order valence-corrected chi connectivity index (χ2v) is 10.7. The minimum absolute atomic E-state index is 0.0151. The van der Waals surface area contributed by atoms with E-state index in [2.05, 4.69) is 46.5 Å². The molecule has 136 valence electrons. The van der Waals surface area contributed by atoms with Crippen LogP contribution in [0.1, 0.15) is 65.2 Å². The van der Waals surface area contributed by atoms with Crippen molar-refractivity contribution >= 4 is 39.1 Å². The summed E-state index contributed by atoms with van der Waals surface area (Å²) < 4.78 is 0.810. The molecular weight excluding hydrogens is 350 g/mol. The Kier molecular flexibility index (Phi) is 5.79. The van der Waals surface area contributed by atoms with Crippen molar-refractivity contribution < 1.29 is 9.90 Å². The molecule has 1 aliphatic rings. The molecule has 0 aliphatic carbocycles. The number of rotatable bonds is 2. The van der Waals surface area contributed by atoms with Crippen LogP contribution in [0.15, 0.2) is 22.8 Å². The lowest BCUT2D eigenvalue weighted by Gasteiger charge is -2.27. The Labute approximate surface area is 159 Å². The largest absolute Gasteiger partial charge is 0.507 e. The number of aliphatic imine (C=N–C) groups is 1. The average molecular weight is 378 g/mol. The highest BCUT2D eigenvalue weighted by atomic mass is 32.2. The molecule has 0 radical (unpaired) electrons. The van der Waals surface area contributed by atoms with Crippen molar-refractivity contribution in [3.8, 4) is 5.75 Å². The molecule has 0 aromatic heterocycles. The zero-order valence-electron chi connectivity index (χ0n) is 16.1. The summed E-state index contributed by atoms with van der Waals surface area (Å²) in [5, 5.41) is 10.8. The number of hydrogen-bond donors (Lipinski definition) is 1. The van der Waals surface area contributed by atoms with Gasteiger partial charge in [0.15, 0.2) is 0 Å². The zero-order valence-corrected chi connectivity index (χ0v) is 17.7. The molecule has 0 unspecified atom stereocenters. The third kappa shape index (κ3) is 4.70. The van der Waals surface area contributed by atoms with Gasteiger partial charge in [0.1, 0.15) is 15.8 Å². The lowest BCUT2D eigenvalue weighted by molar-refractivity contribution is -0.107. The molecule has 1 aromatic rings. The fourth-order valence-electron chi connectivity index (χ4n) is 2.62. The number of aromatic hydroxyl groups is 1. The molecule has 0 bridgehead atoms. The van der Waals surface area contributed by atoms with Crippen LogP contribution in [-0.4, -0.2) is 20.4 Å². The molecule has 0 spiro atoms. The maximum absolute atomic E-state index is 12.2. The Morgan fingerprint density at radius 1 is 1.12 bits per heavy atom. The molecule has 1 aromatic carbocycles. The zero-order chi connectivity index (χ0) is 19.0. The van der Waals surface area contributed by atoms with Crippen LogP contribution >= 0.6 is 23.5 Å². The molecule has 1 aliphatic heterocycles. The SMILES string of the molecule is CCSC1=NC(=Cc2cc(C(C)(C)C)c(O)c(C(C)(C)C)c2)C(=O)S1. The van der Waals surface area contributed by atoms with Gasteiger partial charge in [-0.1, -0.05) is 60.2 Å². The van der Waals surface area contributed by atoms with E-state index in [0.717, 1.165) is 26.8 Å². The third-order valence-corrected chi connectivity index (χ3v) is 5.81. The topological polar surface area (TPSA) is 49.7 Å². The molecule has 0 saturated heterocycles. The van der Waals surface area contributed by atoms with Crippen LogP contribution in [0, 0.1) is 0 Å². The van der Waals surface area contributed by atoms with Crippen LogP contribution in [-0.2, 0) is 15.6 Å². The van der Waals surface area contributed by atoms with Gasteiger partial charge in [0.05, 0.1) is 0 Å². The molecule has 1 N–H and O–H groups in total. The molecule has 0 fully saturated rings. The normalized spacial score (nSPS) is 17.3. The van der Waals surface area contributed by atoms with Gasteiger partial charge in [-0.2, -0.15) is 0 Å². The van der Waals surface area contributed by atoms with Crippen LogP contribution in [0.4, 0.5) is 0 Å². The van der Waals surface area contributed by atoms with Gasteiger partial charge >= 0.3 is 0 Å². The molecule has 3 nitrogen and oxygen atoms in total. The summed E-state index contributed by atoms with van der Waals surface area (Å²) in [6.07, 6.45) is 1.84. The number of carbonyl (C=O) groups excluding carboxylic acids is 1. The summed E-state index contributed by atoms with van der Waals surface area (Å²) in [7, 11) is 0. The predicted molar refractivity (Wildman–Crippen MR) is 112 cm³/mol. The predicted octanol–water partition coefficient (Wildman–Crippen LogP) is 5.71. The monoisotopic (exact) mass is 377 g/mol. The van der Waals surface area contributed by atoms with Crippen LogP contribution in [0.5, 0.6) is 5.75 Å². The summed E-state index contributed by atoms with van der Waals surface area (Å²) in [6, 6.07) is 3.94. The van der Waals surface area contributed by atoms with Gasteiger partial charge in [0.25, 0.3) is 0 Å². The minimum Gasteiger partial charge on any atom is -0.507 e. The van der Waals surface area contributed by atoms with E-state index < -0.39 is 0 Å². The van der Waals surface area contributed by atoms with Gasteiger partial charge in [-0.15, -0.1) is 0 Å². The molecule has 1 heterocycles. The van der Waals surface area contributed by atoms with Gasteiger partial charge in [0.2, 0.25) is 5.12 Å². The van der Waals surface area contributed by atoms with Crippen molar-refractivity contribution in [1.82, 2.24) is 0 Å². The second kappa shape index (κ2) is 7.20. The van der Waals surface area contributed by atoms with Gasteiger partial charge in [-0.3, -0.25) is 4.79 Å². The number of phenols is 1. The van der Waals surface area contributed by atoms with Crippen LogP contribution in [0.25, 0.3) is 6.08 Å². The van der Waals surface area contributed by atoms with Crippen molar-refractivity contribution in [2.45, 2.75) is 59.3 Å². The Bertz CT molecular complexity index is 715. The van der Waals surface area contributed by atoms with Crippen LogP contribution in [0.2, 0.25) is 0 Å². The lowest BCUT2D eigenvalue weighted by Crippen LogP contribution is -2.17. The first-order valence-electron chi connectivity index (χ1n) is 8.47. The summed E-state index contributed by atoms with van der Waals surface area (Å²) in [6.45, 7) is 14.5. The molecule has 0 saturated carbocycles. The smallest absolute Gasteiger partial charge is 0.244 e. The standard InChI is InChI=1S/C20H27NO2S2/c1-8-24-18-21-15(17(23)25-18)11-12-9-13(19(2,3)4)16(22)14(10-12)20(5,6)7/h9-11,22H,8H2,1-7H3. The van der Waals surface area contributed by atoms with Crippen molar-refractivity contribution in [3.63, 3.8) is 0 Å². The molecule has 2 rings (SSSR count). The Balaban J connectivity index is 2.59. The Morgan fingerprint density at radius 3 is 2.08 bits per heavy atom. The summed E-state index contributed by atoms with van der Waals surface area (Å²) in [4.78, 5) is 16.7. The van der Waals surface area contributed by atoms with Crippen LogP contribution in [0.3, 0.4) is 0 Å². The quantitative estimate of drug-likeness (QED) is 0.671. The van der Waals surface area contributed by atoms with Crippen molar-refractivity contribution in [2.24, 2.45) is 4.99 Å². The highest BCUT2D eigenvalue weighted by molar-refractivity contribution is 8.45. The number of phenolic OH excluding ortho intramolecular Hbond substituents is 1. The van der Waals surface area contributed by atoms with Gasteiger partial charge < -0.3 is 5.11 Å². The van der Waals surface area contributed by atoms with Gasteiger partial charge in [-0.05, 0) is 52.1 Å². The fourth-order valence-corrected chi connectivity index (χ4v) is 4.35. The van der Waals surface area contributed by atoms with Gasteiger partial charge in [0, 0.05) is 11.1 Å². The van der Waals surface area contributed by atoms with E-state index in [9.17, 15) is 9.90 Å². The lowest BCUT2D eigenvalue weighted by atomic mass is 9.78. The molecule has 5 heteroatoms. The summed E-state index contributed by atoms with van der Waals surface area (Å²) >= 11 is 2.78. The number of benzene rings is 1. The van der Waals surface area contributed by atoms with Crippen LogP contribution < -0.4 is 0 Å². The van der Waals surface area contributed by atoms with Crippen molar-refractivity contribution in [2.75, 3.05) is 5.75 Å². The molecule has 25 heavy (non-hydrogen) atoms. The number of nitrogens with zero attached hydrogens (tertiary/aromatic N) is 1. The maximum Gasteiger partial charge on any atom is 0.244 e. The molecule has 0 atom stereocenters. The third-order valence-electron chi connectivity index (χ3n) is 3.92. The highest BCUT2D eigenvalue weighted by Gasteiger charge is 2.27. The average Bonchev–Trinajstić information content (AvgIpc) is 2.78. The molecule has 0 amide bonds.